The van der Waals surface area contributed by atoms with E-state index in [1.807, 2.05) is 0 Å². The lowest BCUT2D eigenvalue weighted by atomic mass is 10.2. The SMILES string of the molecule is COc1cc(N)c(Cl)cc1-c1nc(-c2ncccn2)no1. The molecule has 21 heavy (non-hydrogen) atoms. The van der Waals surface area contributed by atoms with Crippen molar-refractivity contribution in [2.75, 3.05) is 12.8 Å². The zero-order chi connectivity index (χ0) is 14.8. The number of nitrogens with zero attached hydrogens (tertiary/aromatic N) is 4. The van der Waals surface area contributed by atoms with Gasteiger partial charge in [-0.15, -0.1) is 0 Å². The highest BCUT2D eigenvalue weighted by atomic mass is 35.5. The molecular formula is C13H10ClN5O2. The van der Waals surface area contributed by atoms with Crippen molar-refractivity contribution in [2.45, 2.75) is 0 Å². The van der Waals surface area contributed by atoms with Crippen LogP contribution in [0.15, 0.2) is 35.1 Å². The Labute approximate surface area is 124 Å². The van der Waals surface area contributed by atoms with Crippen LogP contribution in [0.5, 0.6) is 5.75 Å². The van der Waals surface area contributed by atoms with Gasteiger partial charge in [0.05, 0.1) is 23.4 Å². The third kappa shape index (κ3) is 2.50. The summed E-state index contributed by atoms with van der Waals surface area (Å²) in [5, 5.41) is 4.23. The molecule has 2 heterocycles. The smallest absolute Gasteiger partial charge is 0.262 e. The van der Waals surface area contributed by atoms with Gasteiger partial charge in [0.1, 0.15) is 5.75 Å². The topological polar surface area (TPSA) is 100.0 Å². The van der Waals surface area contributed by atoms with E-state index in [2.05, 4.69) is 20.1 Å². The van der Waals surface area contributed by atoms with Crippen molar-refractivity contribution in [3.63, 3.8) is 0 Å². The fraction of sp³-hybridized carbons (Fsp3) is 0.0769. The molecule has 8 heteroatoms. The van der Waals surface area contributed by atoms with Crippen LogP contribution in [0, 0.1) is 0 Å². The van der Waals surface area contributed by atoms with Crippen LogP contribution < -0.4 is 10.5 Å². The second kappa shape index (κ2) is 5.37. The maximum Gasteiger partial charge on any atom is 0.262 e. The van der Waals surface area contributed by atoms with Gasteiger partial charge < -0.3 is 15.0 Å². The molecule has 0 saturated heterocycles. The molecule has 2 N–H and O–H groups in total. The van der Waals surface area contributed by atoms with Crippen molar-refractivity contribution >= 4 is 17.3 Å². The Hall–Kier alpha value is -2.67. The normalized spacial score (nSPS) is 10.6. The second-order valence-corrected chi connectivity index (χ2v) is 4.48. The van der Waals surface area contributed by atoms with Gasteiger partial charge in [-0.1, -0.05) is 16.8 Å². The lowest BCUT2D eigenvalue weighted by molar-refractivity contribution is 0.405. The van der Waals surface area contributed by atoms with Gasteiger partial charge in [-0.2, -0.15) is 4.98 Å². The Kier molecular flexibility index (Phi) is 3.41. The molecule has 3 aromatic rings. The third-order valence-corrected chi connectivity index (χ3v) is 3.07. The molecule has 0 spiro atoms. The summed E-state index contributed by atoms with van der Waals surface area (Å²) in [4.78, 5) is 12.4. The number of nitrogen functional groups attached to an aromatic ring is 1. The summed E-state index contributed by atoms with van der Waals surface area (Å²) < 4.78 is 10.5. The van der Waals surface area contributed by atoms with Crippen LogP contribution in [0.25, 0.3) is 23.1 Å². The first kappa shape index (κ1) is 13.3. The number of ether oxygens (including phenoxy) is 1. The Morgan fingerprint density at radius 2 is 1.95 bits per heavy atom. The summed E-state index contributed by atoms with van der Waals surface area (Å²) in [7, 11) is 1.52. The van der Waals surface area contributed by atoms with E-state index < -0.39 is 0 Å². The van der Waals surface area contributed by atoms with Gasteiger partial charge in [-0.05, 0) is 12.1 Å². The van der Waals surface area contributed by atoms with E-state index >= 15 is 0 Å². The average Bonchev–Trinajstić information content (AvgIpc) is 3.00. The molecule has 2 aromatic heterocycles. The van der Waals surface area contributed by atoms with E-state index in [1.54, 1.807) is 30.6 Å². The first-order valence-electron chi connectivity index (χ1n) is 5.93. The number of nitrogens with two attached hydrogens (primary N) is 1. The largest absolute Gasteiger partial charge is 0.496 e. The molecule has 0 amide bonds. The highest BCUT2D eigenvalue weighted by Gasteiger charge is 2.17. The zero-order valence-electron chi connectivity index (χ0n) is 10.9. The van der Waals surface area contributed by atoms with Crippen molar-refractivity contribution in [3.05, 3.63) is 35.6 Å². The molecule has 0 saturated carbocycles. The van der Waals surface area contributed by atoms with E-state index in [9.17, 15) is 0 Å². The quantitative estimate of drug-likeness (QED) is 0.742. The summed E-state index contributed by atoms with van der Waals surface area (Å²) in [6.45, 7) is 0. The molecule has 0 unspecified atom stereocenters. The molecule has 0 bridgehead atoms. The van der Waals surface area contributed by atoms with Crippen LogP contribution in [0.3, 0.4) is 0 Å². The fourth-order valence-corrected chi connectivity index (χ4v) is 1.91. The zero-order valence-corrected chi connectivity index (χ0v) is 11.7. The molecule has 106 valence electrons. The van der Waals surface area contributed by atoms with E-state index in [0.717, 1.165) is 0 Å². The molecular weight excluding hydrogens is 294 g/mol. The summed E-state index contributed by atoms with van der Waals surface area (Å²) >= 11 is 6.02. The van der Waals surface area contributed by atoms with Crippen molar-refractivity contribution < 1.29 is 9.26 Å². The van der Waals surface area contributed by atoms with Gasteiger partial charge in [0.2, 0.25) is 11.6 Å². The van der Waals surface area contributed by atoms with Crippen LogP contribution in [0.4, 0.5) is 5.69 Å². The Balaban J connectivity index is 2.06. The number of benzene rings is 1. The maximum absolute atomic E-state index is 6.02. The fourth-order valence-electron chi connectivity index (χ4n) is 1.74. The predicted molar refractivity (Wildman–Crippen MR) is 76.7 cm³/mol. The maximum atomic E-state index is 6.02. The van der Waals surface area contributed by atoms with Crippen LogP contribution in [0.2, 0.25) is 5.02 Å². The number of hydrogen-bond acceptors (Lipinski definition) is 7. The van der Waals surface area contributed by atoms with E-state index in [4.69, 9.17) is 26.6 Å². The number of methoxy groups -OCH3 is 1. The van der Waals surface area contributed by atoms with Crippen molar-refractivity contribution in [1.29, 1.82) is 0 Å². The Bertz CT molecular complexity index is 775. The lowest BCUT2D eigenvalue weighted by Crippen LogP contribution is -1.93. The van der Waals surface area contributed by atoms with Crippen molar-refractivity contribution in [2.24, 2.45) is 0 Å². The highest BCUT2D eigenvalue weighted by Crippen LogP contribution is 2.35. The van der Waals surface area contributed by atoms with Gasteiger partial charge in [0.25, 0.3) is 5.89 Å². The molecule has 3 rings (SSSR count). The summed E-state index contributed by atoms with van der Waals surface area (Å²) in [6, 6.07) is 4.91. The summed E-state index contributed by atoms with van der Waals surface area (Å²) in [5.41, 5.74) is 6.69. The lowest BCUT2D eigenvalue weighted by Gasteiger charge is -2.07. The van der Waals surface area contributed by atoms with Gasteiger partial charge in [0, 0.05) is 18.5 Å². The minimum absolute atomic E-state index is 0.246. The Morgan fingerprint density at radius 3 is 2.67 bits per heavy atom. The molecule has 0 radical (unpaired) electrons. The summed E-state index contributed by atoms with van der Waals surface area (Å²) in [6.07, 6.45) is 3.19. The molecule has 7 nitrogen and oxygen atoms in total. The van der Waals surface area contributed by atoms with E-state index in [-0.39, 0.29) is 11.7 Å². The van der Waals surface area contributed by atoms with E-state index in [1.165, 1.54) is 7.11 Å². The summed E-state index contributed by atoms with van der Waals surface area (Å²) in [5.74, 6) is 1.38. The number of hydrogen-bond donors (Lipinski definition) is 1. The monoisotopic (exact) mass is 303 g/mol. The van der Waals surface area contributed by atoms with Gasteiger partial charge in [-0.25, -0.2) is 9.97 Å². The molecule has 0 aliphatic carbocycles. The van der Waals surface area contributed by atoms with Crippen LogP contribution in [-0.4, -0.2) is 27.2 Å². The molecule has 1 aromatic carbocycles. The standard InChI is InChI=1S/C13H10ClN5O2/c1-20-10-6-9(15)8(14)5-7(10)13-18-12(19-21-13)11-16-3-2-4-17-11/h2-6H,15H2,1H3. The number of anilines is 1. The third-order valence-electron chi connectivity index (χ3n) is 2.74. The average molecular weight is 304 g/mol. The van der Waals surface area contributed by atoms with Crippen molar-refractivity contribution in [3.8, 4) is 28.9 Å². The minimum atomic E-state index is 0.246. The van der Waals surface area contributed by atoms with Crippen LogP contribution in [-0.2, 0) is 0 Å². The van der Waals surface area contributed by atoms with Crippen LogP contribution >= 0.6 is 11.6 Å². The molecule has 0 aliphatic rings. The molecule has 0 atom stereocenters. The number of halogens is 1. The number of rotatable bonds is 3. The van der Waals surface area contributed by atoms with E-state index in [0.29, 0.717) is 27.8 Å². The Morgan fingerprint density at radius 1 is 1.19 bits per heavy atom. The van der Waals surface area contributed by atoms with Gasteiger partial charge in [-0.3, -0.25) is 0 Å². The minimum Gasteiger partial charge on any atom is -0.496 e. The van der Waals surface area contributed by atoms with Crippen molar-refractivity contribution in [1.82, 2.24) is 20.1 Å². The molecule has 0 fully saturated rings. The highest BCUT2D eigenvalue weighted by molar-refractivity contribution is 6.33. The molecule has 0 aliphatic heterocycles. The van der Waals surface area contributed by atoms with Gasteiger partial charge in [0.15, 0.2) is 0 Å². The number of aromatic nitrogens is 4. The second-order valence-electron chi connectivity index (χ2n) is 4.07. The predicted octanol–water partition coefficient (Wildman–Crippen LogP) is 2.44. The first-order valence-corrected chi connectivity index (χ1v) is 6.31. The van der Waals surface area contributed by atoms with Crippen LogP contribution in [0.1, 0.15) is 0 Å². The first-order chi connectivity index (χ1) is 10.2. The van der Waals surface area contributed by atoms with Gasteiger partial charge >= 0.3 is 0 Å².